The number of nitrogens with two attached hydrogens (primary N) is 1. The van der Waals surface area contributed by atoms with Crippen LogP contribution in [0.1, 0.15) is 17.3 Å². The number of benzene rings is 1. The predicted molar refractivity (Wildman–Crippen MR) is 71.7 cm³/mol. The molecule has 19 heavy (non-hydrogen) atoms. The van der Waals surface area contributed by atoms with Gasteiger partial charge in [0.15, 0.2) is 5.82 Å². The molecule has 1 atom stereocenters. The minimum Gasteiger partial charge on any atom is -0.380 e. The first-order valence-electron chi connectivity index (χ1n) is 6.40. The second-order valence-corrected chi connectivity index (χ2v) is 4.39. The summed E-state index contributed by atoms with van der Waals surface area (Å²) in [7, 11) is 1.63. The second kappa shape index (κ2) is 7.01. The first-order valence-corrected chi connectivity index (χ1v) is 6.40. The number of aromatic nitrogens is 2. The first kappa shape index (κ1) is 13.7. The van der Waals surface area contributed by atoms with Crippen molar-refractivity contribution < 1.29 is 9.26 Å². The van der Waals surface area contributed by atoms with Gasteiger partial charge in [0.2, 0.25) is 5.89 Å². The van der Waals surface area contributed by atoms with Crippen LogP contribution in [0, 0.1) is 0 Å². The zero-order chi connectivity index (χ0) is 13.5. The summed E-state index contributed by atoms with van der Waals surface area (Å²) in [5.74, 6) is 1.31. The van der Waals surface area contributed by atoms with Gasteiger partial charge in [0.1, 0.15) is 0 Å². The van der Waals surface area contributed by atoms with Crippen LogP contribution in [-0.4, -0.2) is 29.9 Å². The highest BCUT2D eigenvalue weighted by Crippen LogP contribution is 2.07. The standard InChI is InChI=1S/C14H19N3O2/c1-18-12(10-15)9-14-16-13(17-19-14)8-7-11-5-3-2-4-6-11/h2-6,12H,7-10,15H2,1H3. The molecule has 5 heteroatoms. The molecule has 2 rings (SSSR count). The molecule has 0 spiro atoms. The maximum absolute atomic E-state index is 5.56. The third kappa shape index (κ3) is 4.15. The van der Waals surface area contributed by atoms with Crippen molar-refractivity contribution >= 4 is 0 Å². The normalized spacial score (nSPS) is 12.5. The molecule has 2 N–H and O–H groups in total. The molecule has 1 aromatic heterocycles. The van der Waals surface area contributed by atoms with Gasteiger partial charge in [0.05, 0.1) is 12.5 Å². The van der Waals surface area contributed by atoms with Gasteiger partial charge in [-0.05, 0) is 12.0 Å². The van der Waals surface area contributed by atoms with Crippen molar-refractivity contribution in [1.82, 2.24) is 10.1 Å². The van der Waals surface area contributed by atoms with E-state index >= 15 is 0 Å². The van der Waals surface area contributed by atoms with E-state index in [4.69, 9.17) is 15.0 Å². The lowest BCUT2D eigenvalue weighted by atomic mass is 10.1. The third-order valence-electron chi connectivity index (χ3n) is 2.99. The molecule has 0 aliphatic rings. The Balaban J connectivity index is 1.87. The van der Waals surface area contributed by atoms with E-state index in [0.717, 1.165) is 18.7 Å². The second-order valence-electron chi connectivity index (χ2n) is 4.39. The molecular weight excluding hydrogens is 242 g/mol. The van der Waals surface area contributed by atoms with Crippen molar-refractivity contribution in [3.63, 3.8) is 0 Å². The highest BCUT2D eigenvalue weighted by atomic mass is 16.5. The molecule has 1 aromatic carbocycles. The molecule has 2 aromatic rings. The van der Waals surface area contributed by atoms with Crippen molar-refractivity contribution in [3.8, 4) is 0 Å². The summed E-state index contributed by atoms with van der Waals surface area (Å²) in [6.07, 6.45) is 2.17. The Labute approximate surface area is 112 Å². The lowest BCUT2D eigenvalue weighted by Gasteiger charge is -2.08. The van der Waals surface area contributed by atoms with E-state index in [1.807, 2.05) is 18.2 Å². The van der Waals surface area contributed by atoms with E-state index < -0.39 is 0 Å². The number of aryl methyl sites for hydroxylation is 2. The van der Waals surface area contributed by atoms with Crippen LogP contribution in [0.15, 0.2) is 34.9 Å². The molecule has 0 bridgehead atoms. The van der Waals surface area contributed by atoms with Gasteiger partial charge < -0.3 is 15.0 Å². The maximum atomic E-state index is 5.56. The largest absolute Gasteiger partial charge is 0.380 e. The van der Waals surface area contributed by atoms with Crippen molar-refractivity contribution in [1.29, 1.82) is 0 Å². The summed E-state index contributed by atoms with van der Waals surface area (Å²) in [6, 6.07) is 10.3. The molecule has 0 aliphatic carbocycles. The van der Waals surface area contributed by atoms with Crippen LogP contribution in [0.3, 0.4) is 0 Å². The SMILES string of the molecule is COC(CN)Cc1nc(CCc2ccccc2)no1. The highest BCUT2D eigenvalue weighted by molar-refractivity contribution is 5.15. The molecule has 0 saturated heterocycles. The van der Waals surface area contributed by atoms with E-state index in [1.54, 1.807) is 7.11 Å². The number of hydrogen-bond acceptors (Lipinski definition) is 5. The molecule has 102 valence electrons. The Bertz CT molecular complexity index is 480. The van der Waals surface area contributed by atoms with Gasteiger partial charge in [-0.2, -0.15) is 4.98 Å². The van der Waals surface area contributed by atoms with Gasteiger partial charge in [-0.25, -0.2) is 0 Å². The topological polar surface area (TPSA) is 74.2 Å². The maximum Gasteiger partial charge on any atom is 0.229 e. The first-order chi connectivity index (χ1) is 9.31. The van der Waals surface area contributed by atoms with Crippen LogP contribution in [0.2, 0.25) is 0 Å². The molecular formula is C14H19N3O2. The summed E-state index contributed by atoms with van der Waals surface area (Å²) < 4.78 is 10.4. The summed E-state index contributed by atoms with van der Waals surface area (Å²) in [5.41, 5.74) is 6.83. The fraction of sp³-hybridized carbons (Fsp3) is 0.429. The van der Waals surface area contributed by atoms with Crippen molar-refractivity contribution in [2.45, 2.75) is 25.4 Å². The van der Waals surface area contributed by atoms with Crippen LogP contribution < -0.4 is 5.73 Å². The molecule has 0 amide bonds. The molecule has 0 saturated carbocycles. The van der Waals surface area contributed by atoms with Gasteiger partial charge in [0.25, 0.3) is 0 Å². The zero-order valence-corrected chi connectivity index (χ0v) is 11.1. The summed E-state index contributed by atoms with van der Waals surface area (Å²) >= 11 is 0. The number of rotatable bonds is 7. The summed E-state index contributed by atoms with van der Waals surface area (Å²) in [4.78, 5) is 4.35. The van der Waals surface area contributed by atoms with E-state index in [-0.39, 0.29) is 6.10 Å². The smallest absolute Gasteiger partial charge is 0.229 e. The van der Waals surface area contributed by atoms with Crippen LogP contribution in [-0.2, 0) is 24.0 Å². The van der Waals surface area contributed by atoms with Crippen LogP contribution >= 0.6 is 0 Å². The number of ether oxygens (including phenoxy) is 1. The van der Waals surface area contributed by atoms with Crippen molar-refractivity contribution in [3.05, 3.63) is 47.6 Å². The highest BCUT2D eigenvalue weighted by Gasteiger charge is 2.12. The van der Waals surface area contributed by atoms with E-state index in [0.29, 0.717) is 18.9 Å². The zero-order valence-electron chi connectivity index (χ0n) is 11.1. The minimum absolute atomic E-state index is 0.0672. The summed E-state index contributed by atoms with van der Waals surface area (Å²) in [5, 5.41) is 3.97. The van der Waals surface area contributed by atoms with Crippen LogP contribution in [0.5, 0.6) is 0 Å². The number of nitrogens with zero attached hydrogens (tertiary/aromatic N) is 2. The molecule has 0 fully saturated rings. The molecule has 1 heterocycles. The van der Waals surface area contributed by atoms with Crippen molar-refractivity contribution in [2.24, 2.45) is 5.73 Å². The number of hydrogen-bond donors (Lipinski definition) is 1. The monoisotopic (exact) mass is 261 g/mol. The Morgan fingerprint density at radius 2 is 2.05 bits per heavy atom. The Kier molecular flexibility index (Phi) is 5.06. The molecule has 1 unspecified atom stereocenters. The molecule has 0 radical (unpaired) electrons. The fourth-order valence-corrected chi connectivity index (χ4v) is 1.83. The Morgan fingerprint density at radius 3 is 2.74 bits per heavy atom. The van der Waals surface area contributed by atoms with Gasteiger partial charge >= 0.3 is 0 Å². The van der Waals surface area contributed by atoms with Crippen LogP contribution in [0.4, 0.5) is 0 Å². The van der Waals surface area contributed by atoms with Gasteiger partial charge in [0, 0.05) is 20.1 Å². The van der Waals surface area contributed by atoms with E-state index in [2.05, 4.69) is 22.3 Å². The lowest BCUT2D eigenvalue weighted by Crippen LogP contribution is -2.24. The van der Waals surface area contributed by atoms with Crippen molar-refractivity contribution in [2.75, 3.05) is 13.7 Å². The predicted octanol–water partition coefficient (Wildman–Crippen LogP) is 1.37. The summed E-state index contributed by atoms with van der Waals surface area (Å²) in [6.45, 7) is 0.443. The third-order valence-corrected chi connectivity index (χ3v) is 2.99. The van der Waals surface area contributed by atoms with Gasteiger partial charge in [-0.1, -0.05) is 35.5 Å². The number of methoxy groups -OCH3 is 1. The minimum atomic E-state index is -0.0672. The Morgan fingerprint density at radius 1 is 1.26 bits per heavy atom. The average Bonchev–Trinajstić information content (AvgIpc) is 2.91. The van der Waals surface area contributed by atoms with Gasteiger partial charge in [-0.15, -0.1) is 0 Å². The average molecular weight is 261 g/mol. The quantitative estimate of drug-likeness (QED) is 0.814. The lowest BCUT2D eigenvalue weighted by molar-refractivity contribution is 0.102. The van der Waals surface area contributed by atoms with E-state index in [9.17, 15) is 0 Å². The molecule has 0 aliphatic heterocycles. The fourth-order valence-electron chi connectivity index (χ4n) is 1.83. The van der Waals surface area contributed by atoms with E-state index in [1.165, 1.54) is 5.56 Å². The van der Waals surface area contributed by atoms with Gasteiger partial charge in [-0.3, -0.25) is 0 Å². The molecule has 5 nitrogen and oxygen atoms in total. The van der Waals surface area contributed by atoms with Crippen LogP contribution in [0.25, 0.3) is 0 Å². The Hall–Kier alpha value is -1.72.